The highest BCUT2D eigenvalue weighted by atomic mass is 35.5. The Morgan fingerprint density at radius 2 is 2.17 bits per heavy atom. The van der Waals surface area contributed by atoms with E-state index in [0.29, 0.717) is 5.41 Å². The average molecular weight is 284 g/mol. The molecule has 2 aliphatic rings. The summed E-state index contributed by atoms with van der Waals surface area (Å²) in [7, 11) is 0. The maximum atomic E-state index is 6.06. The molecule has 2 saturated carbocycles. The van der Waals surface area contributed by atoms with E-state index in [9.17, 15) is 0 Å². The second-order valence-corrected chi connectivity index (χ2v) is 8.02. The SMILES string of the molecule is CCCNCC1(Cc2ccc(Cl)s2)CC2CC2C1. The first-order valence-electron chi connectivity index (χ1n) is 7.16. The largest absolute Gasteiger partial charge is 0.316 e. The molecule has 1 aromatic rings. The molecule has 100 valence electrons. The Hall–Kier alpha value is -0.0500. The molecule has 1 nitrogen and oxygen atoms in total. The van der Waals surface area contributed by atoms with Crippen LogP contribution in [-0.2, 0) is 6.42 Å². The summed E-state index contributed by atoms with van der Waals surface area (Å²) >= 11 is 7.82. The van der Waals surface area contributed by atoms with Gasteiger partial charge in [-0.2, -0.15) is 0 Å². The molecule has 1 N–H and O–H groups in total. The molecule has 0 bridgehead atoms. The number of halogens is 1. The van der Waals surface area contributed by atoms with E-state index in [0.717, 1.165) is 22.7 Å². The van der Waals surface area contributed by atoms with Crippen molar-refractivity contribution in [2.75, 3.05) is 13.1 Å². The topological polar surface area (TPSA) is 12.0 Å². The predicted molar refractivity (Wildman–Crippen MR) is 79.5 cm³/mol. The maximum absolute atomic E-state index is 6.06. The molecule has 0 amide bonds. The van der Waals surface area contributed by atoms with E-state index in [1.165, 1.54) is 43.5 Å². The molecule has 1 aromatic heterocycles. The number of hydrogen-bond donors (Lipinski definition) is 1. The van der Waals surface area contributed by atoms with E-state index in [4.69, 9.17) is 11.6 Å². The average Bonchev–Trinajstić information content (AvgIpc) is 2.76. The van der Waals surface area contributed by atoms with E-state index in [-0.39, 0.29) is 0 Å². The fraction of sp³-hybridized carbons (Fsp3) is 0.733. The van der Waals surface area contributed by atoms with Gasteiger partial charge in [0.25, 0.3) is 0 Å². The highest BCUT2D eigenvalue weighted by molar-refractivity contribution is 7.16. The third-order valence-electron chi connectivity index (χ3n) is 4.56. The zero-order valence-electron chi connectivity index (χ0n) is 11.0. The summed E-state index contributed by atoms with van der Waals surface area (Å²) in [5.74, 6) is 2.09. The molecular weight excluding hydrogens is 262 g/mol. The zero-order valence-corrected chi connectivity index (χ0v) is 12.6. The number of hydrogen-bond acceptors (Lipinski definition) is 2. The lowest BCUT2D eigenvalue weighted by Crippen LogP contribution is -2.35. The van der Waals surface area contributed by atoms with Crippen molar-refractivity contribution in [2.24, 2.45) is 17.3 Å². The predicted octanol–water partition coefficient (Wildman–Crippen LogP) is 4.36. The summed E-state index contributed by atoms with van der Waals surface area (Å²) in [4.78, 5) is 1.47. The molecule has 0 saturated heterocycles. The first-order valence-corrected chi connectivity index (χ1v) is 8.35. The molecule has 2 unspecified atom stereocenters. The third kappa shape index (κ3) is 2.76. The highest BCUT2D eigenvalue weighted by Gasteiger charge is 2.53. The van der Waals surface area contributed by atoms with Gasteiger partial charge in [0.2, 0.25) is 0 Å². The van der Waals surface area contributed by atoms with Crippen molar-refractivity contribution in [1.29, 1.82) is 0 Å². The van der Waals surface area contributed by atoms with Crippen LogP contribution >= 0.6 is 22.9 Å². The first-order chi connectivity index (χ1) is 8.71. The van der Waals surface area contributed by atoms with Crippen LogP contribution in [0.2, 0.25) is 4.34 Å². The highest BCUT2D eigenvalue weighted by Crippen LogP contribution is 2.60. The quantitative estimate of drug-likeness (QED) is 0.765. The minimum atomic E-state index is 0.525. The van der Waals surface area contributed by atoms with Gasteiger partial charge in [-0.25, -0.2) is 0 Å². The monoisotopic (exact) mass is 283 g/mol. The minimum Gasteiger partial charge on any atom is -0.316 e. The van der Waals surface area contributed by atoms with E-state index in [1.54, 1.807) is 11.3 Å². The molecule has 3 heteroatoms. The van der Waals surface area contributed by atoms with Gasteiger partial charge in [-0.1, -0.05) is 18.5 Å². The lowest BCUT2D eigenvalue weighted by molar-refractivity contribution is 0.250. The minimum absolute atomic E-state index is 0.525. The van der Waals surface area contributed by atoms with Gasteiger partial charge in [0, 0.05) is 11.4 Å². The number of rotatable bonds is 6. The summed E-state index contributed by atoms with van der Waals surface area (Å²) in [6.45, 7) is 4.59. The Morgan fingerprint density at radius 3 is 2.78 bits per heavy atom. The molecule has 3 rings (SSSR count). The van der Waals surface area contributed by atoms with E-state index in [2.05, 4.69) is 18.3 Å². The van der Waals surface area contributed by atoms with Crippen LogP contribution in [0.25, 0.3) is 0 Å². The van der Waals surface area contributed by atoms with Gasteiger partial charge < -0.3 is 5.32 Å². The summed E-state index contributed by atoms with van der Waals surface area (Å²) in [5, 5.41) is 3.66. The van der Waals surface area contributed by atoms with Gasteiger partial charge >= 0.3 is 0 Å². The van der Waals surface area contributed by atoms with Crippen molar-refractivity contribution >= 4 is 22.9 Å². The Bertz CT molecular complexity index is 404. The van der Waals surface area contributed by atoms with Crippen molar-refractivity contribution < 1.29 is 0 Å². The van der Waals surface area contributed by atoms with Crippen molar-refractivity contribution in [3.63, 3.8) is 0 Å². The summed E-state index contributed by atoms with van der Waals surface area (Å²) < 4.78 is 0.935. The van der Waals surface area contributed by atoms with E-state index in [1.807, 2.05) is 6.07 Å². The zero-order chi connectivity index (χ0) is 12.6. The van der Waals surface area contributed by atoms with Crippen LogP contribution in [0.4, 0.5) is 0 Å². The fourth-order valence-electron chi connectivity index (χ4n) is 3.70. The molecule has 2 fully saturated rings. The number of nitrogens with one attached hydrogen (secondary N) is 1. The normalized spacial score (nSPS) is 33.7. The van der Waals surface area contributed by atoms with Crippen LogP contribution in [0.5, 0.6) is 0 Å². The second-order valence-electron chi connectivity index (χ2n) is 6.22. The Balaban J connectivity index is 1.65. The van der Waals surface area contributed by atoms with Gasteiger partial charge in [0.1, 0.15) is 0 Å². The first kappa shape index (κ1) is 13.0. The molecule has 2 aliphatic carbocycles. The standard InChI is InChI=1S/C15H22ClNS/c1-2-5-17-10-15(7-11-6-12(11)8-15)9-13-3-4-14(16)18-13/h3-4,11-12,17H,2,5-10H2,1H3. The molecular formula is C15H22ClNS. The molecule has 0 aliphatic heterocycles. The summed E-state index contributed by atoms with van der Waals surface area (Å²) in [6.07, 6.45) is 6.83. The van der Waals surface area contributed by atoms with E-state index >= 15 is 0 Å². The van der Waals surface area contributed by atoms with Crippen LogP contribution in [-0.4, -0.2) is 13.1 Å². The molecule has 0 aromatic carbocycles. The van der Waals surface area contributed by atoms with Crippen molar-refractivity contribution in [3.05, 3.63) is 21.3 Å². The molecule has 0 spiro atoms. The Morgan fingerprint density at radius 1 is 1.39 bits per heavy atom. The van der Waals surface area contributed by atoms with Gasteiger partial charge in [-0.15, -0.1) is 11.3 Å². The van der Waals surface area contributed by atoms with Gasteiger partial charge in [-0.05, 0) is 68.0 Å². The molecule has 18 heavy (non-hydrogen) atoms. The van der Waals surface area contributed by atoms with Crippen LogP contribution in [0, 0.1) is 17.3 Å². The lowest BCUT2D eigenvalue weighted by Gasteiger charge is -2.31. The van der Waals surface area contributed by atoms with Gasteiger partial charge in [0.05, 0.1) is 4.34 Å². The number of thiophene rings is 1. The molecule has 0 radical (unpaired) electrons. The van der Waals surface area contributed by atoms with Crippen molar-refractivity contribution in [3.8, 4) is 0 Å². The van der Waals surface area contributed by atoms with Crippen LogP contribution < -0.4 is 5.32 Å². The van der Waals surface area contributed by atoms with E-state index < -0.39 is 0 Å². The molecule has 2 atom stereocenters. The van der Waals surface area contributed by atoms with Crippen molar-refractivity contribution in [1.82, 2.24) is 5.32 Å². The number of fused-ring (bicyclic) bond motifs is 1. The van der Waals surface area contributed by atoms with Crippen LogP contribution in [0.1, 0.15) is 37.5 Å². The second kappa shape index (κ2) is 5.15. The molecule has 1 heterocycles. The van der Waals surface area contributed by atoms with Gasteiger partial charge in [-0.3, -0.25) is 0 Å². The van der Waals surface area contributed by atoms with Crippen LogP contribution in [0.15, 0.2) is 12.1 Å². The lowest BCUT2D eigenvalue weighted by atomic mass is 9.79. The fourth-order valence-corrected chi connectivity index (χ4v) is 4.97. The summed E-state index contributed by atoms with van der Waals surface area (Å²) in [5.41, 5.74) is 0.525. The third-order valence-corrected chi connectivity index (χ3v) is 5.80. The van der Waals surface area contributed by atoms with Gasteiger partial charge in [0.15, 0.2) is 0 Å². The Kier molecular flexibility index (Phi) is 3.70. The summed E-state index contributed by atoms with van der Waals surface area (Å²) in [6, 6.07) is 4.27. The van der Waals surface area contributed by atoms with Crippen molar-refractivity contribution in [2.45, 2.75) is 39.0 Å². The van der Waals surface area contributed by atoms with Crippen LogP contribution in [0.3, 0.4) is 0 Å². The maximum Gasteiger partial charge on any atom is 0.0931 e. The Labute approximate surface area is 119 Å². The smallest absolute Gasteiger partial charge is 0.0931 e.